The number of nitrogens with one attached hydrogen (secondary N) is 1. The Hall–Kier alpha value is -0.530. The first-order valence-corrected chi connectivity index (χ1v) is 5.71. The molecule has 0 aromatic heterocycles. The van der Waals surface area contributed by atoms with Crippen LogP contribution in [0.4, 0.5) is 22.0 Å². The van der Waals surface area contributed by atoms with Gasteiger partial charge in [-0.15, -0.1) is 0 Å². The summed E-state index contributed by atoms with van der Waals surface area (Å²) in [5.74, 6) is -6.07. The largest absolute Gasteiger partial charge is 0.463 e. The zero-order valence-electron chi connectivity index (χ0n) is 8.11. The molecule has 1 fully saturated rings. The van der Waals surface area contributed by atoms with Crippen LogP contribution in [0.5, 0.6) is 0 Å². The van der Waals surface area contributed by atoms with Crippen molar-refractivity contribution in [3.8, 4) is 0 Å². The molecular weight excluding hydrogens is 253 g/mol. The fraction of sp³-hybridized carbons (Fsp3) is 0.875. The maximum atomic E-state index is 12.5. The number of alkyl halides is 5. The van der Waals surface area contributed by atoms with E-state index in [1.165, 1.54) is 0 Å². The molecule has 8 heteroatoms. The number of rotatable bonds is 3. The Morgan fingerprint density at radius 1 is 1.31 bits per heavy atom. The predicted octanol–water partition coefficient (Wildman–Crippen LogP) is 2.05. The molecule has 1 rings (SSSR count). The van der Waals surface area contributed by atoms with Crippen molar-refractivity contribution in [2.45, 2.75) is 18.5 Å². The lowest BCUT2D eigenvalue weighted by atomic mass is 10.1. The van der Waals surface area contributed by atoms with E-state index in [2.05, 4.69) is 0 Å². The summed E-state index contributed by atoms with van der Waals surface area (Å²) in [5.41, 5.74) is 0. The van der Waals surface area contributed by atoms with Gasteiger partial charge < -0.3 is 5.32 Å². The molecule has 0 aliphatic carbocycles. The summed E-state index contributed by atoms with van der Waals surface area (Å²) in [6.07, 6.45) is -5.11. The zero-order chi connectivity index (χ0) is 12.4. The Morgan fingerprint density at radius 2 is 1.94 bits per heavy atom. The molecule has 1 heterocycles. The lowest BCUT2D eigenvalue weighted by molar-refractivity contribution is -0.269. The maximum absolute atomic E-state index is 12.5. The fourth-order valence-corrected chi connectivity index (χ4v) is 2.51. The van der Waals surface area contributed by atoms with Crippen LogP contribution in [0.3, 0.4) is 0 Å². The van der Waals surface area contributed by atoms with Crippen LogP contribution >= 0.6 is 11.8 Å². The van der Waals surface area contributed by atoms with Crippen molar-refractivity contribution in [3.05, 3.63) is 0 Å². The van der Waals surface area contributed by atoms with Gasteiger partial charge in [0.25, 0.3) is 5.91 Å². The molecule has 1 unspecified atom stereocenters. The molecule has 0 aromatic carbocycles. The van der Waals surface area contributed by atoms with Crippen molar-refractivity contribution in [2.24, 2.45) is 5.92 Å². The van der Waals surface area contributed by atoms with Crippen LogP contribution in [0.15, 0.2) is 0 Å². The molecule has 1 saturated heterocycles. The van der Waals surface area contributed by atoms with Crippen molar-refractivity contribution in [2.75, 3.05) is 18.1 Å². The highest BCUT2D eigenvalue weighted by molar-refractivity contribution is 7.99. The van der Waals surface area contributed by atoms with Gasteiger partial charge in [0.15, 0.2) is 0 Å². The van der Waals surface area contributed by atoms with Gasteiger partial charge >= 0.3 is 12.1 Å². The van der Waals surface area contributed by atoms with E-state index in [1.54, 1.807) is 17.1 Å². The standard InChI is InChI=1S/C8H10F5NOS/c9-7(10,8(11,12)13)6(15)14-3-5-1-2-16-4-5/h5H,1-4H2,(H,14,15). The summed E-state index contributed by atoms with van der Waals surface area (Å²) in [7, 11) is 0. The Morgan fingerprint density at radius 3 is 2.38 bits per heavy atom. The van der Waals surface area contributed by atoms with Crippen LogP contribution in [0.1, 0.15) is 6.42 Å². The van der Waals surface area contributed by atoms with Gasteiger partial charge in [0.2, 0.25) is 0 Å². The predicted molar refractivity (Wildman–Crippen MR) is 49.4 cm³/mol. The van der Waals surface area contributed by atoms with Crippen molar-refractivity contribution in [1.82, 2.24) is 5.32 Å². The first kappa shape index (κ1) is 13.5. The molecule has 0 radical (unpaired) electrons. The van der Waals surface area contributed by atoms with E-state index < -0.39 is 18.0 Å². The van der Waals surface area contributed by atoms with Gasteiger partial charge in [0.05, 0.1) is 0 Å². The molecule has 2 nitrogen and oxygen atoms in total. The van der Waals surface area contributed by atoms with Gasteiger partial charge in [-0.1, -0.05) is 0 Å². The zero-order valence-corrected chi connectivity index (χ0v) is 8.93. The number of halogens is 5. The third kappa shape index (κ3) is 2.99. The van der Waals surface area contributed by atoms with Gasteiger partial charge in [-0.25, -0.2) is 0 Å². The van der Waals surface area contributed by atoms with E-state index in [4.69, 9.17) is 0 Å². The number of thioether (sulfide) groups is 1. The van der Waals surface area contributed by atoms with Crippen LogP contribution in [-0.4, -0.2) is 36.1 Å². The van der Waals surface area contributed by atoms with Crippen molar-refractivity contribution in [1.29, 1.82) is 0 Å². The second-order valence-corrected chi connectivity index (χ2v) is 4.66. The molecule has 0 bridgehead atoms. The van der Waals surface area contributed by atoms with E-state index >= 15 is 0 Å². The topological polar surface area (TPSA) is 29.1 Å². The van der Waals surface area contributed by atoms with Crippen LogP contribution < -0.4 is 5.32 Å². The van der Waals surface area contributed by atoms with Crippen molar-refractivity contribution < 1.29 is 26.7 Å². The highest BCUT2D eigenvalue weighted by Crippen LogP contribution is 2.35. The van der Waals surface area contributed by atoms with E-state index in [-0.39, 0.29) is 12.5 Å². The highest BCUT2D eigenvalue weighted by atomic mass is 32.2. The number of carbonyl (C=O) groups is 1. The quantitative estimate of drug-likeness (QED) is 0.790. The third-order valence-corrected chi connectivity index (χ3v) is 3.45. The first-order valence-electron chi connectivity index (χ1n) is 4.55. The van der Waals surface area contributed by atoms with E-state index in [9.17, 15) is 26.7 Å². The molecule has 1 N–H and O–H groups in total. The van der Waals surface area contributed by atoms with Gasteiger partial charge in [0, 0.05) is 6.54 Å². The van der Waals surface area contributed by atoms with E-state index in [0.29, 0.717) is 5.75 Å². The lowest BCUT2D eigenvalue weighted by Crippen LogP contribution is -2.51. The molecule has 1 aliphatic heterocycles. The molecule has 0 aromatic rings. The smallest absolute Gasteiger partial charge is 0.350 e. The van der Waals surface area contributed by atoms with Crippen LogP contribution in [0, 0.1) is 5.92 Å². The van der Waals surface area contributed by atoms with Crippen LogP contribution in [-0.2, 0) is 4.79 Å². The average Bonchev–Trinajstić information content (AvgIpc) is 2.64. The Kier molecular flexibility index (Phi) is 4.03. The minimum absolute atomic E-state index is 0.0158. The minimum atomic E-state index is -5.83. The monoisotopic (exact) mass is 263 g/mol. The summed E-state index contributed by atoms with van der Waals surface area (Å²) in [5, 5.41) is 1.65. The Balaban J connectivity index is 2.45. The number of amides is 1. The van der Waals surface area contributed by atoms with E-state index in [0.717, 1.165) is 12.2 Å². The molecule has 94 valence electrons. The van der Waals surface area contributed by atoms with Crippen LogP contribution in [0.2, 0.25) is 0 Å². The fourth-order valence-electron chi connectivity index (χ4n) is 1.22. The average molecular weight is 263 g/mol. The summed E-state index contributed by atoms with van der Waals surface area (Å²) in [6.45, 7) is -0.127. The molecule has 1 aliphatic rings. The summed E-state index contributed by atoms with van der Waals surface area (Å²) < 4.78 is 60.2. The Bertz CT molecular complexity index is 262. The molecule has 0 saturated carbocycles. The van der Waals surface area contributed by atoms with Crippen LogP contribution in [0.25, 0.3) is 0 Å². The minimum Gasteiger partial charge on any atom is -0.350 e. The van der Waals surface area contributed by atoms with Gasteiger partial charge in [-0.2, -0.15) is 33.7 Å². The normalized spacial score (nSPS) is 22.2. The summed E-state index contributed by atoms with van der Waals surface area (Å²) in [6, 6.07) is 0. The van der Waals surface area contributed by atoms with Crippen molar-refractivity contribution >= 4 is 17.7 Å². The maximum Gasteiger partial charge on any atom is 0.463 e. The Labute approximate surface area is 93.0 Å². The second-order valence-electron chi connectivity index (χ2n) is 3.51. The third-order valence-electron chi connectivity index (χ3n) is 2.22. The van der Waals surface area contributed by atoms with Gasteiger partial charge in [-0.3, -0.25) is 4.79 Å². The first-order chi connectivity index (χ1) is 7.25. The SMILES string of the molecule is O=C(NCC1CCSC1)C(F)(F)C(F)(F)F. The molecular formula is C8H10F5NOS. The lowest BCUT2D eigenvalue weighted by Gasteiger charge is -2.19. The number of carbonyl (C=O) groups excluding carboxylic acids is 1. The molecule has 1 amide bonds. The van der Waals surface area contributed by atoms with Gasteiger partial charge in [0.1, 0.15) is 0 Å². The molecule has 16 heavy (non-hydrogen) atoms. The second kappa shape index (κ2) is 4.77. The highest BCUT2D eigenvalue weighted by Gasteiger charge is 2.63. The summed E-state index contributed by atoms with van der Waals surface area (Å²) in [4.78, 5) is 10.7. The van der Waals surface area contributed by atoms with E-state index in [1.807, 2.05) is 0 Å². The number of hydrogen-bond donors (Lipinski definition) is 1. The summed E-state index contributed by atoms with van der Waals surface area (Å²) >= 11 is 1.59. The molecule has 1 atom stereocenters. The van der Waals surface area contributed by atoms with Crippen molar-refractivity contribution in [3.63, 3.8) is 0 Å². The molecule has 0 spiro atoms. The van der Waals surface area contributed by atoms with Gasteiger partial charge in [-0.05, 0) is 23.8 Å². The number of hydrogen-bond acceptors (Lipinski definition) is 2.